The van der Waals surface area contributed by atoms with Gasteiger partial charge in [0, 0.05) is 46.3 Å². The van der Waals surface area contributed by atoms with Crippen LogP contribution in [0, 0.1) is 5.92 Å². The van der Waals surface area contributed by atoms with Gasteiger partial charge in [0.1, 0.15) is 5.82 Å². The third-order valence-corrected chi connectivity index (χ3v) is 8.46. The number of nitrogens with two attached hydrogens (primary N) is 1. The van der Waals surface area contributed by atoms with Gasteiger partial charge in [-0.1, -0.05) is 34.5 Å². The highest BCUT2D eigenvalue weighted by Crippen LogP contribution is 2.60. The molecule has 3 atom stereocenters. The molecule has 0 spiro atoms. The second-order valence-corrected chi connectivity index (χ2v) is 11.2. The number of anilines is 1. The average Bonchev–Trinajstić information content (AvgIpc) is 3.24. The standard InChI is InChI=1S/C28H21Cl2N9O/c1-37-22-6-13(2-4-16(22)27(31)35-37)20-11-32-28(33-20)26-19-10-18(19)23-7-14(8-25(40)39(23)26)17-9-15(29)3-5-21(17)38-12-24(30)34-36-38/h2-9,11-12,18-19,26H,10H2,1H3,(H2,31,35)(H,32,33). The van der Waals surface area contributed by atoms with Crippen LogP contribution in [0.3, 0.4) is 0 Å². The van der Waals surface area contributed by atoms with Crippen LogP contribution in [-0.4, -0.2) is 39.3 Å². The summed E-state index contributed by atoms with van der Waals surface area (Å²) in [5.41, 5.74) is 12.0. The molecule has 1 aliphatic heterocycles. The van der Waals surface area contributed by atoms with Crippen LogP contribution in [0.1, 0.15) is 29.9 Å². The van der Waals surface area contributed by atoms with Crippen molar-refractivity contribution in [3.63, 3.8) is 0 Å². The highest BCUT2D eigenvalue weighted by atomic mass is 35.5. The average molecular weight is 570 g/mol. The summed E-state index contributed by atoms with van der Waals surface area (Å²) in [6.07, 6.45) is 4.45. The van der Waals surface area contributed by atoms with Gasteiger partial charge in [-0.15, -0.1) is 5.10 Å². The lowest BCUT2D eigenvalue weighted by atomic mass is 10.0. The van der Waals surface area contributed by atoms with Gasteiger partial charge in [0.15, 0.2) is 11.0 Å². The Bertz CT molecular complexity index is 2050. The van der Waals surface area contributed by atoms with Gasteiger partial charge in [-0.25, -0.2) is 9.67 Å². The third kappa shape index (κ3) is 3.46. The van der Waals surface area contributed by atoms with E-state index in [1.165, 1.54) is 0 Å². The predicted octanol–water partition coefficient (Wildman–Crippen LogP) is 4.97. The van der Waals surface area contributed by atoms with Crippen LogP contribution in [0.5, 0.6) is 0 Å². The van der Waals surface area contributed by atoms with E-state index in [0.29, 0.717) is 22.7 Å². The minimum atomic E-state index is -0.153. The highest BCUT2D eigenvalue weighted by molar-refractivity contribution is 6.31. The Kier molecular flexibility index (Phi) is 4.87. The number of halogens is 2. The van der Waals surface area contributed by atoms with E-state index in [1.807, 2.05) is 48.1 Å². The van der Waals surface area contributed by atoms with E-state index in [4.69, 9.17) is 33.9 Å². The largest absolute Gasteiger partial charge is 0.382 e. The van der Waals surface area contributed by atoms with E-state index < -0.39 is 0 Å². The molecular formula is C28H21Cl2N9O. The van der Waals surface area contributed by atoms with Gasteiger partial charge in [-0.05, 0) is 54.3 Å². The Labute approximate surface area is 237 Å². The minimum Gasteiger partial charge on any atom is -0.382 e. The van der Waals surface area contributed by atoms with E-state index >= 15 is 0 Å². The molecule has 0 amide bonds. The lowest BCUT2D eigenvalue weighted by molar-refractivity contribution is 0.515. The fourth-order valence-corrected chi connectivity index (χ4v) is 6.44. The molecule has 2 aliphatic rings. The molecule has 3 unspecified atom stereocenters. The second kappa shape index (κ2) is 8.30. The monoisotopic (exact) mass is 569 g/mol. The number of H-pyrrole nitrogens is 1. The number of aromatic amines is 1. The van der Waals surface area contributed by atoms with Crippen LogP contribution in [0.15, 0.2) is 65.7 Å². The Morgan fingerprint density at radius 3 is 2.77 bits per heavy atom. The number of pyridine rings is 1. The highest BCUT2D eigenvalue weighted by Gasteiger charge is 2.54. The number of aryl methyl sites for hydroxylation is 1. The minimum absolute atomic E-state index is 0.0861. The summed E-state index contributed by atoms with van der Waals surface area (Å²) in [6.45, 7) is 0. The normalized spacial score (nSPS) is 19.2. The maximum atomic E-state index is 13.7. The van der Waals surface area contributed by atoms with Gasteiger partial charge in [0.2, 0.25) is 0 Å². The van der Waals surface area contributed by atoms with Crippen LogP contribution in [-0.2, 0) is 7.05 Å². The number of imidazole rings is 1. The molecule has 198 valence electrons. The van der Waals surface area contributed by atoms with Crippen molar-refractivity contribution >= 4 is 39.9 Å². The Hall–Kier alpha value is -4.41. The van der Waals surface area contributed by atoms with Gasteiger partial charge in [-0.3, -0.25) is 9.48 Å². The van der Waals surface area contributed by atoms with Crippen LogP contribution in [0.25, 0.3) is 39.0 Å². The van der Waals surface area contributed by atoms with Crippen molar-refractivity contribution in [2.24, 2.45) is 13.0 Å². The Morgan fingerprint density at radius 2 is 1.95 bits per heavy atom. The molecule has 10 nitrogen and oxygen atoms in total. The number of nitrogens with one attached hydrogen (secondary N) is 1. The summed E-state index contributed by atoms with van der Waals surface area (Å²) >= 11 is 12.4. The van der Waals surface area contributed by atoms with Gasteiger partial charge in [-0.2, -0.15) is 5.10 Å². The molecule has 12 heteroatoms. The number of aromatic nitrogens is 8. The zero-order valence-electron chi connectivity index (χ0n) is 21.1. The molecule has 5 heterocycles. The zero-order valence-corrected chi connectivity index (χ0v) is 22.6. The molecular weight excluding hydrogens is 549 g/mol. The topological polar surface area (TPSA) is 125 Å². The van der Waals surface area contributed by atoms with Crippen LogP contribution >= 0.6 is 23.2 Å². The molecule has 8 rings (SSSR count). The summed E-state index contributed by atoms with van der Waals surface area (Å²) in [5.74, 6) is 1.89. The molecule has 1 saturated carbocycles. The Morgan fingerprint density at radius 1 is 1.07 bits per heavy atom. The summed E-state index contributed by atoms with van der Waals surface area (Å²) in [6, 6.07) is 15.1. The first-order valence-electron chi connectivity index (χ1n) is 12.8. The van der Waals surface area contributed by atoms with Crippen molar-refractivity contribution in [2.75, 3.05) is 5.73 Å². The molecule has 0 saturated heterocycles. The summed E-state index contributed by atoms with van der Waals surface area (Å²) < 4.78 is 5.24. The van der Waals surface area contributed by atoms with E-state index in [0.717, 1.165) is 56.9 Å². The molecule has 0 bridgehead atoms. The maximum Gasteiger partial charge on any atom is 0.252 e. The predicted molar refractivity (Wildman–Crippen MR) is 153 cm³/mol. The first kappa shape index (κ1) is 23.5. The lowest BCUT2D eigenvalue weighted by Gasteiger charge is -2.18. The smallest absolute Gasteiger partial charge is 0.252 e. The Balaban J connectivity index is 1.19. The van der Waals surface area contributed by atoms with Crippen molar-refractivity contribution in [3.8, 4) is 28.1 Å². The number of hydrogen-bond donors (Lipinski definition) is 2. The van der Waals surface area contributed by atoms with E-state index in [-0.39, 0.29) is 16.8 Å². The molecule has 0 radical (unpaired) electrons. The first-order chi connectivity index (χ1) is 19.4. The number of nitrogen functional groups attached to an aromatic ring is 1. The van der Waals surface area contributed by atoms with Gasteiger partial charge in [0.25, 0.3) is 5.56 Å². The van der Waals surface area contributed by atoms with Gasteiger partial charge >= 0.3 is 0 Å². The fourth-order valence-electron chi connectivity index (χ4n) is 6.15. The molecule has 2 aromatic carbocycles. The third-order valence-electron chi connectivity index (χ3n) is 8.05. The number of fused-ring (bicyclic) bond motifs is 4. The zero-order chi connectivity index (χ0) is 27.3. The van der Waals surface area contributed by atoms with E-state index in [9.17, 15) is 4.79 Å². The van der Waals surface area contributed by atoms with E-state index in [2.05, 4.69) is 26.5 Å². The first-order valence-corrected chi connectivity index (χ1v) is 13.5. The molecule has 4 aromatic heterocycles. The quantitative estimate of drug-likeness (QED) is 0.309. The fraction of sp³-hybridized carbons (Fsp3) is 0.179. The van der Waals surface area contributed by atoms with Crippen molar-refractivity contribution in [3.05, 3.63) is 93.0 Å². The molecule has 1 aliphatic carbocycles. The van der Waals surface area contributed by atoms with Crippen molar-refractivity contribution in [2.45, 2.75) is 18.4 Å². The second-order valence-electron chi connectivity index (χ2n) is 10.4. The molecule has 1 fully saturated rings. The number of benzene rings is 2. The number of rotatable bonds is 4. The summed E-state index contributed by atoms with van der Waals surface area (Å²) in [5, 5.41) is 14.1. The summed E-state index contributed by atoms with van der Waals surface area (Å²) in [7, 11) is 1.87. The van der Waals surface area contributed by atoms with Crippen LogP contribution in [0.2, 0.25) is 10.2 Å². The van der Waals surface area contributed by atoms with Gasteiger partial charge < -0.3 is 15.3 Å². The van der Waals surface area contributed by atoms with Crippen molar-refractivity contribution in [1.29, 1.82) is 0 Å². The maximum absolute atomic E-state index is 13.7. The molecule has 6 aromatic rings. The molecule has 3 N–H and O–H groups in total. The lowest BCUT2D eigenvalue weighted by Crippen LogP contribution is -2.26. The summed E-state index contributed by atoms with van der Waals surface area (Å²) in [4.78, 5) is 21.9. The van der Waals surface area contributed by atoms with Crippen LogP contribution in [0.4, 0.5) is 5.82 Å². The number of nitrogens with zero attached hydrogens (tertiary/aromatic N) is 7. The van der Waals surface area contributed by atoms with Crippen molar-refractivity contribution < 1.29 is 0 Å². The van der Waals surface area contributed by atoms with Crippen LogP contribution < -0.4 is 11.3 Å². The van der Waals surface area contributed by atoms with Gasteiger partial charge in [0.05, 0.1) is 35.3 Å². The SMILES string of the molecule is Cn1nc(N)c2ccc(-c3cnc(C4C5CC5c5cc(-c6cc(Cl)ccc6-n6cc(Cl)nn6)cc(=O)n54)[nH]3)cc21. The number of hydrogen-bond acceptors (Lipinski definition) is 6. The van der Waals surface area contributed by atoms with Crippen molar-refractivity contribution in [1.82, 2.24) is 39.3 Å². The van der Waals surface area contributed by atoms with E-state index in [1.54, 1.807) is 27.7 Å². The molecule has 40 heavy (non-hydrogen) atoms.